The first-order chi connectivity index (χ1) is 19.8. The van der Waals surface area contributed by atoms with Gasteiger partial charge in [0.05, 0.1) is 13.5 Å². The van der Waals surface area contributed by atoms with Gasteiger partial charge in [0.2, 0.25) is 11.6 Å². The molecule has 8 nitrogen and oxygen atoms in total. The minimum absolute atomic E-state index is 0.226. The van der Waals surface area contributed by atoms with E-state index in [2.05, 4.69) is 0 Å². The molecule has 0 atom stereocenters. The molecule has 0 spiro atoms. The number of ether oxygens (including phenoxy) is 1. The summed E-state index contributed by atoms with van der Waals surface area (Å²) >= 11 is 0. The number of hydrogen-bond acceptors (Lipinski definition) is 6. The molecule has 9 heteroatoms. The van der Waals surface area contributed by atoms with E-state index in [1.807, 2.05) is 102 Å². The van der Waals surface area contributed by atoms with Gasteiger partial charge in [-0.15, -0.1) is 0 Å². The Bertz CT molecular complexity index is 1520. The second-order valence-corrected chi connectivity index (χ2v) is 12.1. The molecule has 0 saturated carbocycles. The molecule has 0 bridgehead atoms. The van der Waals surface area contributed by atoms with Crippen molar-refractivity contribution in [1.82, 2.24) is 10.9 Å². The Morgan fingerprint density at radius 1 is 0.634 bits per heavy atom. The number of nitrogens with one attached hydrogen (secondary N) is 2. The van der Waals surface area contributed by atoms with E-state index >= 15 is 0 Å². The third-order valence-electron chi connectivity index (χ3n) is 6.30. The molecule has 2 amide bonds. The van der Waals surface area contributed by atoms with Crippen molar-refractivity contribution in [2.75, 3.05) is 7.11 Å². The third kappa shape index (κ3) is 6.75. The zero-order valence-corrected chi connectivity index (χ0v) is 23.0. The second-order valence-electron chi connectivity index (χ2n) is 8.88. The standard InChI is InChI=1S/C32H27N2O6P/c1-40-24-19-17-23(18-20-24)28(35)21-29(36)31(38)33-34-32(39)30(37)22-41(25-11-5-2-6-12-25,26-13-7-3-8-14-26)27-15-9-4-10-16-27/h2-20,22H,21H2,1H3,(H,33,38)(H,34,39). The number of rotatable bonds is 10. The molecule has 0 aliphatic heterocycles. The van der Waals surface area contributed by atoms with Crippen LogP contribution in [0.2, 0.25) is 0 Å². The molecule has 0 heterocycles. The quantitative estimate of drug-likeness (QED) is 0.100. The summed E-state index contributed by atoms with van der Waals surface area (Å²) in [5.41, 5.74) is 4.20. The molecule has 0 aromatic heterocycles. The molecule has 206 valence electrons. The van der Waals surface area contributed by atoms with E-state index in [4.69, 9.17) is 4.74 Å². The number of methoxy groups -OCH3 is 1. The summed E-state index contributed by atoms with van der Waals surface area (Å²) in [5, 5.41) is 2.57. The van der Waals surface area contributed by atoms with E-state index in [0.29, 0.717) is 5.75 Å². The summed E-state index contributed by atoms with van der Waals surface area (Å²) in [7, 11) is 1.48. The largest absolute Gasteiger partial charge is 0.497 e. The third-order valence-corrected chi connectivity index (χ3v) is 10.3. The lowest BCUT2D eigenvalue weighted by Gasteiger charge is -2.28. The Balaban J connectivity index is 1.55. The Morgan fingerprint density at radius 3 is 1.51 bits per heavy atom. The van der Waals surface area contributed by atoms with Crippen LogP contribution in [-0.4, -0.2) is 42.1 Å². The van der Waals surface area contributed by atoms with E-state index in [-0.39, 0.29) is 5.56 Å². The Hall–Kier alpha value is -5.07. The van der Waals surface area contributed by atoms with Crippen LogP contribution in [0.5, 0.6) is 5.75 Å². The van der Waals surface area contributed by atoms with Crippen molar-refractivity contribution in [3.05, 3.63) is 121 Å². The lowest BCUT2D eigenvalue weighted by atomic mass is 10.1. The fraction of sp³-hybridized carbons (Fsp3) is 0.0625. The van der Waals surface area contributed by atoms with Gasteiger partial charge in [0.25, 0.3) is 0 Å². The molecule has 0 aliphatic rings. The van der Waals surface area contributed by atoms with Gasteiger partial charge in [-0.25, -0.2) is 0 Å². The van der Waals surface area contributed by atoms with Gasteiger partial charge >= 0.3 is 11.8 Å². The maximum atomic E-state index is 13.3. The van der Waals surface area contributed by atoms with Crippen molar-refractivity contribution in [1.29, 1.82) is 0 Å². The number of carbonyl (C=O) groups excluding carboxylic acids is 5. The lowest BCUT2D eigenvalue weighted by Crippen LogP contribution is -2.48. The van der Waals surface area contributed by atoms with Crippen molar-refractivity contribution in [2.45, 2.75) is 6.42 Å². The monoisotopic (exact) mass is 566 g/mol. The summed E-state index contributed by atoms with van der Waals surface area (Å²) in [4.78, 5) is 63.2. The van der Waals surface area contributed by atoms with Gasteiger partial charge in [-0.3, -0.25) is 34.8 Å². The van der Waals surface area contributed by atoms with Crippen molar-refractivity contribution in [3.8, 4) is 5.75 Å². The fourth-order valence-electron chi connectivity index (χ4n) is 4.24. The van der Waals surface area contributed by atoms with Crippen molar-refractivity contribution >= 4 is 57.8 Å². The van der Waals surface area contributed by atoms with Gasteiger partial charge in [0.15, 0.2) is 5.78 Å². The van der Waals surface area contributed by atoms with Gasteiger partial charge < -0.3 is 4.74 Å². The average molecular weight is 567 g/mol. The van der Waals surface area contributed by atoms with E-state index in [1.165, 1.54) is 25.0 Å². The number of Topliss-reactive ketones (excluding diaryl/α,β-unsaturated/α-hetero) is 3. The van der Waals surface area contributed by atoms with Gasteiger partial charge in [-0.1, -0.05) is 91.0 Å². The highest BCUT2D eigenvalue weighted by Gasteiger charge is 2.28. The predicted molar refractivity (Wildman–Crippen MR) is 159 cm³/mol. The Kier molecular flexibility index (Phi) is 9.40. The van der Waals surface area contributed by atoms with E-state index in [9.17, 15) is 24.0 Å². The second kappa shape index (κ2) is 13.3. The fourth-order valence-corrected chi connectivity index (χ4v) is 7.98. The van der Waals surface area contributed by atoms with Gasteiger partial charge in [-0.2, -0.15) is 0 Å². The summed E-state index contributed by atoms with van der Waals surface area (Å²) < 4.78 is 5.04. The SMILES string of the molecule is COc1ccc(C(=O)CC(=O)C(=O)NNC(=O)C(=O)C=P(c2ccccc2)(c2ccccc2)c2ccccc2)cc1. The first-order valence-corrected chi connectivity index (χ1v) is 14.5. The van der Waals surface area contributed by atoms with E-state index in [1.54, 1.807) is 12.1 Å². The number of benzene rings is 4. The van der Waals surface area contributed by atoms with Crippen LogP contribution in [0.1, 0.15) is 16.8 Å². The van der Waals surface area contributed by atoms with Gasteiger partial charge in [-0.05, 0) is 47.1 Å². The molecule has 4 rings (SSSR count). The van der Waals surface area contributed by atoms with Crippen LogP contribution in [0, 0.1) is 0 Å². The van der Waals surface area contributed by atoms with Crippen molar-refractivity contribution < 1.29 is 28.7 Å². The number of ketones is 3. The molecule has 0 radical (unpaired) electrons. The van der Waals surface area contributed by atoms with E-state index in [0.717, 1.165) is 15.9 Å². The molecule has 0 aliphatic carbocycles. The van der Waals surface area contributed by atoms with Crippen LogP contribution in [0.4, 0.5) is 0 Å². The van der Waals surface area contributed by atoms with Crippen LogP contribution < -0.4 is 31.5 Å². The highest BCUT2D eigenvalue weighted by molar-refractivity contribution is 7.95. The number of hydrogen-bond donors (Lipinski definition) is 2. The molecule has 0 fully saturated rings. The zero-order chi connectivity index (χ0) is 29.2. The minimum Gasteiger partial charge on any atom is -0.497 e. The molecule has 0 unspecified atom stereocenters. The van der Waals surface area contributed by atoms with Crippen LogP contribution in [0.15, 0.2) is 115 Å². The normalized spacial score (nSPS) is 10.7. The topological polar surface area (TPSA) is 119 Å². The molecular weight excluding hydrogens is 539 g/mol. The first-order valence-electron chi connectivity index (χ1n) is 12.6. The maximum Gasteiger partial charge on any atom is 0.310 e. The molecule has 4 aromatic carbocycles. The Morgan fingerprint density at radius 2 is 1.07 bits per heavy atom. The highest BCUT2D eigenvalue weighted by Crippen LogP contribution is 2.43. The van der Waals surface area contributed by atoms with Crippen molar-refractivity contribution in [2.24, 2.45) is 0 Å². The van der Waals surface area contributed by atoms with Crippen LogP contribution in [-0.2, 0) is 19.2 Å². The number of amides is 2. The molecular formula is C32H27N2O6P. The van der Waals surface area contributed by atoms with Crippen LogP contribution in [0.25, 0.3) is 0 Å². The van der Waals surface area contributed by atoms with Gasteiger partial charge in [0, 0.05) is 11.4 Å². The number of carbonyl (C=O) groups is 5. The number of hydrazine groups is 1. The zero-order valence-electron chi connectivity index (χ0n) is 22.2. The summed E-state index contributed by atoms with van der Waals surface area (Å²) in [5.74, 6) is -2.94. The van der Waals surface area contributed by atoms with E-state index < -0.39 is 42.5 Å². The van der Waals surface area contributed by atoms with Crippen molar-refractivity contribution in [3.63, 3.8) is 0 Å². The average Bonchev–Trinajstić information content (AvgIpc) is 3.03. The molecule has 0 saturated heterocycles. The maximum absolute atomic E-state index is 13.3. The summed E-state index contributed by atoms with van der Waals surface area (Å²) in [6.07, 6.45) is -0.710. The predicted octanol–water partition coefficient (Wildman–Crippen LogP) is 2.35. The molecule has 4 aromatic rings. The Labute approximate surface area is 237 Å². The van der Waals surface area contributed by atoms with Crippen LogP contribution >= 0.6 is 6.89 Å². The smallest absolute Gasteiger partial charge is 0.310 e. The molecule has 41 heavy (non-hydrogen) atoms. The lowest BCUT2D eigenvalue weighted by molar-refractivity contribution is -0.140. The minimum atomic E-state index is -2.76. The summed E-state index contributed by atoms with van der Waals surface area (Å²) in [6, 6.07) is 34.4. The van der Waals surface area contributed by atoms with Gasteiger partial charge in [0.1, 0.15) is 5.75 Å². The highest BCUT2D eigenvalue weighted by atomic mass is 31.2. The summed E-state index contributed by atoms with van der Waals surface area (Å²) in [6.45, 7) is -2.76. The first kappa shape index (κ1) is 28.9. The van der Waals surface area contributed by atoms with Crippen LogP contribution in [0.3, 0.4) is 0 Å². The molecule has 2 N–H and O–H groups in total.